The second-order valence-corrected chi connectivity index (χ2v) is 5.83. The summed E-state index contributed by atoms with van der Waals surface area (Å²) in [5.74, 6) is 0.682. The number of amides is 1. The topological polar surface area (TPSA) is 84.2 Å². The lowest BCUT2D eigenvalue weighted by molar-refractivity contribution is -0.130. The second kappa shape index (κ2) is 6.77. The lowest BCUT2D eigenvalue weighted by atomic mass is 10.1. The minimum atomic E-state index is -0.112. The molecule has 1 aliphatic rings. The molecule has 8 nitrogen and oxygen atoms in total. The van der Waals surface area contributed by atoms with E-state index in [1.807, 2.05) is 0 Å². The monoisotopic (exact) mass is 328 g/mol. The Morgan fingerprint density at radius 1 is 1.12 bits per heavy atom. The SMILES string of the molecule is Cc1c(CC(=O)N2CCN(c3ncccn3)CC2)ncn(C)c1=O. The molecule has 0 bridgehead atoms. The van der Waals surface area contributed by atoms with Crippen LogP contribution in [0.4, 0.5) is 5.95 Å². The van der Waals surface area contributed by atoms with Gasteiger partial charge in [-0.25, -0.2) is 15.0 Å². The van der Waals surface area contributed by atoms with E-state index in [4.69, 9.17) is 0 Å². The van der Waals surface area contributed by atoms with Crippen molar-refractivity contribution in [1.29, 1.82) is 0 Å². The predicted octanol–water partition coefficient (Wildman–Crippen LogP) is -0.230. The van der Waals surface area contributed by atoms with E-state index in [1.54, 1.807) is 37.3 Å². The van der Waals surface area contributed by atoms with Crippen molar-refractivity contribution >= 4 is 11.9 Å². The number of aryl methyl sites for hydroxylation is 1. The van der Waals surface area contributed by atoms with E-state index in [9.17, 15) is 9.59 Å². The van der Waals surface area contributed by atoms with Gasteiger partial charge < -0.3 is 14.4 Å². The summed E-state index contributed by atoms with van der Waals surface area (Å²) < 4.78 is 1.42. The Morgan fingerprint density at radius 3 is 2.46 bits per heavy atom. The number of carbonyl (C=O) groups is 1. The van der Waals surface area contributed by atoms with Crippen LogP contribution < -0.4 is 10.5 Å². The van der Waals surface area contributed by atoms with Crippen LogP contribution >= 0.6 is 0 Å². The zero-order valence-corrected chi connectivity index (χ0v) is 13.8. The van der Waals surface area contributed by atoms with Gasteiger partial charge in [0.2, 0.25) is 11.9 Å². The van der Waals surface area contributed by atoms with Gasteiger partial charge in [0.1, 0.15) is 0 Å². The van der Waals surface area contributed by atoms with Gasteiger partial charge in [-0.2, -0.15) is 0 Å². The number of rotatable bonds is 3. The van der Waals surface area contributed by atoms with E-state index in [0.29, 0.717) is 43.4 Å². The Morgan fingerprint density at radius 2 is 1.79 bits per heavy atom. The van der Waals surface area contributed by atoms with Crippen LogP contribution in [0.3, 0.4) is 0 Å². The van der Waals surface area contributed by atoms with Gasteiger partial charge in [0.05, 0.1) is 18.4 Å². The molecule has 1 fully saturated rings. The van der Waals surface area contributed by atoms with Crippen molar-refractivity contribution < 1.29 is 4.79 Å². The maximum Gasteiger partial charge on any atom is 0.256 e. The van der Waals surface area contributed by atoms with Crippen molar-refractivity contribution in [3.8, 4) is 0 Å². The average Bonchev–Trinajstić information content (AvgIpc) is 2.63. The molecule has 0 atom stereocenters. The molecule has 0 unspecified atom stereocenters. The van der Waals surface area contributed by atoms with E-state index in [0.717, 1.165) is 0 Å². The van der Waals surface area contributed by atoms with Crippen LogP contribution in [0.15, 0.2) is 29.6 Å². The van der Waals surface area contributed by atoms with Crippen molar-refractivity contribution in [3.05, 3.63) is 46.4 Å². The molecule has 0 saturated carbocycles. The summed E-state index contributed by atoms with van der Waals surface area (Å²) >= 11 is 0. The van der Waals surface area contributed by atoms with E-state index in [-0.39, 0.29) is 17.9 Å². The van der Waals surface area contributed by atoms with Crippen LogP contribution in [0.5, 0.6) is 0 Å². The largest absolute Gasteiger partial charge is 0.339 e. The van der Waals surface area contributed by atoms with Gasteiger partial charge in [-0.15, -0.1) is 0 Å². The van der Waals surface area contributed by atoms with Crippen molar-refractivity contribution in [2.75, 3.05) is 31.1 Å². The summed E-state index contributed by atoms with van der Waals surface area (Å²) in [6.45, 7) is 4.32. The summed E-state index contributed by atoms with van der Waals surface area (Å²) in [5.41, 5.74) is 0.973. The average molecular weight is 328 g/mol. The van der Waals surface area contributed by atoms with Crippen LogP contribution in [0.1, 0.15) is 11.3 Å². The second-order valence-electron chi connectivity index (χ2n) is 5.83. The molecule has 0 N–H and O–H groups in total. The minimum Gasteiger partial charge on any atom is -0.339 e. The molecule has 2 aromatic rings. The van der Waals surface area contributed by atoms with Crippen LogP contribution in [0.2, 0.25) is 0 Å². The third-order valence-corrected chi connectivity index (χ3v) is 4.25. The lowest BCUT2D eigenvalue weighted by Crippen LogP contribution is -2.49. The number of anilines is 1. The van der Waals surface area contributed by atoms with Gasteiger partial charge >= 0.3 is 0 Å². The quantitative estimate of drug-likeness (QED) is 0.774. The molecule has 0 spiro atoms. The number of hydrogen-bond acceptors (Lipinski definition) is 6. The fourth-order valence-electron chi connectivity index (χ4n) is 2.74. The smallest absolute Gasteiger partial charge is 0.256 e. The van der Waals surface area contributed by atoms with Crippen LogP contribution in [0.25, 0.3) is 0 Å². The Kier molecular flexibility index (Phi) is 4.54. The highest BCUT2D eigenvalue weighted by molar-refractivity contribution is 5.78. The van der Waals surface area contributed by atoms with Gasteiger partial charge in [-0.05, 0) is 13.0 Å². The molecule has 126 valence electrons. The Labute approximate surface area is 139 Å². The molecule has 0 aromatic carbocycles. The van der Waals surface area contributed by atoms with Gasteiger partial charge in [-0.3, -0.25) is 9.59 Å². The molecule has 1 aliphatic heterocycles. The fraction of sp³-hybridized carbons (Fsp3) is 0.438. The third-order valence-electron chi connectivity index (χ3n) is 4.25. The van der Waals surface area contributed by atoms with Gasteiger partial charge in [0.15, 0.2) is 0 Å². The van der Waals surface area contributed by atoms with E-state index in [2.05, 4.69) is 19.9 Å². The van der Waals surface area contributed by atoms with Crippen molar-refractivity contribution in [1.82, 2.24) is 24.4 Å². The molecule has 2 aromatic heterocycles. The molecule has 8 heteroatoms. The van der Waals surface area contributed by atoms with Gasteiger partial charge in [0.25, 0.3) is 5.56 Å². The van der Waals surface area contributed by atoms with Crippen LogP contribution in [-0.4, -0.2) is 56.5 Å². The zero-order valence-electron chi connectivity index (χ0n) is 13.8. The lowest BCUT2D eigenvalue weighted by Gasteiger charge is -2.34. The summed E-state index contributed by atoms with van der Waals surface area (Å²) in [4.78, 5) is 41.0. The summed E-state index contributed by atoms with van der Waals surface area (Å²) in [6, 6.07) is 1.78. The Balaban J connectivity index is 1.62. The molecule has 0 aliphatic carbocycles. The van der Waals surface area contributed by atoms with Gasteiger partial charge in [-0.1, -0.05) is 0 Å². The Bertz CT molecular complexity index is 781. The molecule has 3 rings (SSSR count). The number of carbonyl (C=O) groups excluding carboxylic acids is 1. The zero-order chi connectivity index (χ0) is 17.1. The molecule has 1 saturated heterocycles. The maximum atomic E-state index is 12.5. The fourth-order valence-corrected chi connectivity index (χ4v) is 2.74. The first-order chi connectivity index (χ1) is 11.6. The molecule has 24 heavy (non-hydrogen) atoms. The van der Waals surface area contributed by atoms with Gasteiger partial charge in [0, 0.05) is 51.2 Å². The standard InChI is InChI=1S/C16H20N6O2/c1-12-13(19-11-20(2)15(12)24)10-14(23)21-6-8-22(9-7-21)16-17-4-3-5-18-16/h3-5,11H,6-10H2,1-2H3. The number of hydrogen-bond donors (Lipinski definition) is 0. The summed E-state index contributed by atoms with van der Waals surface area (Å²) in [6.07, 6.45) is 5.04. The highest BCUT2D eigenvalue weighted by atomic mass is 16.2. The molecule has 3 heterocycles. The van der Waals surface area contributed by atoms with Crippen LogP contribution in [0, 0.1) is 6.92 Å². The van der Waals surface area contributed by atoms with Crippen molar-refractivity contribution in [3.63, 3.8) is 0 Å². The first-order valence-corrected chi connectivity index (χ1v) is 7.87. The highest BCUT2D eigenvalue weighted by Gasteiger charge is 2.23. The third kappa shape index (κ3) is 3.27. The van der Waals surface area contributed by atoms with Crippen molar-refractivity contribution in [2.45, 2.75) is 13.3 Å². The maximum absolute atomic E-state index is 12.5. The van der Waals surface area contributed by atoms with Crippen LogP contribution in [-0.2, 0) is 18.3 Å². The molecule has 0 radical (unpaired) electrons. The molecular formula is C16H20N6O2. The summed E-state index contributed by atoms with van der Waals surface area (Å²) in [7, 11) is 1.65. The number of aromatic nitrogens is 4. The van der Waals surface area contributed by atoms with E-state index >= 15 is 0 Å². The first-order valence-electron chi connectivity index (χ1n) is 7.87. The normalized spacial score (nSPS) is 14.8. The minimum absolute atomic E-state index is 0.00696. The number of piperazine rings is 1. The van der Waals surface area contributed by atoms with E-state index in [1.165, 1.54) is 10.9 Å². The van der Waals surface area contributed by atoms with Crippen molar-refractivity contribution in [2.24, 2.45) is 7.05 Å². The highest BCUT2D eigenvalue weighted by Crippen LogP contribution is 2.11. The molecular weight excluding hydrogens is 308 g/mol. The number of nitrogens with zero attached hydrogens (tertiary/aromatic N) is 6. The Hall–Kier alpha value is -2.77. The molecule has 1 amide bonds. The van der Waals surface area contributed by atoms with E-state index < -0.39 is 0 Å². The first kappa shape index (κ1) is 16.1. The predicted molar refractivity (Wildman–Crippen MR) is 88.7 cm³/mol. The summed E-state index contributed by atoms with van der Waals surface area (Å²) in [5, 5.41) is 0.